The third kappa shape index (κ3) is 3.65. The number of carbonyl (C=O) groups excluding carboxylic acids is 2. The number of fused-ring (bicyclic) bond motifs is 3. The van der Waals surface area contributed by atoms with Crippen LogP contribution in [0.2, 0.25) is 0 Å². The van der Waals surface area contributed by atoms with Crippen LogP contribution in [-0.2, 0) is 22.4 Å². The molecule has 8 heteroatoms. The van der Waals surface area contributed by atoms with Crippen LogP contribution in [-0.4, -0.2) is 46.4 Å². The molecule has 2 aliphatic rings. The maximum absolute atomic E-state index is 12.4. The molecule has 0 saturated carbocycles. The van der Waals surface area contributed by atoms with E-state index in [2.05, 4.69) is 32.6 Å². The number of amides is 2. The molecule has 1 unspecified atom stereocenters. The third-order valence-electron chi connectivity index (χ3n) is 5.77. The summed E-state index contributed by atoms with van der Waals surface area (Å²) in [5.74, 6) is -0.139. The minimum Gasteiger partial charge on any atom is -0.442 e. The zero-order valence-electron chi connectivity index (χ0n) is 17.2. The standard InChI is InChI=1S/C23H23N5O3/c1-14(29)25-12-18-13-28(23(30)31-18)17-7-8-19-15(10-17)4-2-6-20-21(19)22(27-26-20)16-5-3-9-24-11-16/h3,5,7-11,18H,2,4,6,12-13H2,1H3,(H,25,29)(H,26,27). The van der Waals surface area contributed by atoms with Gasteiger partial charge in [-0.3, -0.25) is 19.8 Å². The second-order valence-corrected chi connectivity index (χ2v) is 7.92. The molecule has 2 aromatic heterocycles. The van der Waals surface area contributed by atoms with Crippen molar-refractivity contribution in [3.8, 4) is 22.4 Å². The Balaban J connectivity index is 1.47. The van der Waals surface area contributed by atoms with Crippen molar-refractivity contribution in [3.05, 3.63) is 54.0 Å². The number of aromatic nitrogens is 3. The van der Waals surface area contributed by atoms with E-state index in [-0.39, 0.29) is 18.1 Å². The molecule has 1 aliphatic heterocycles. The van der Waals surface area contributed by atoms with E-state index in [9.17, 15) is 9.59 Å². The second-order valence-electron chi connectivity index (χ2n) is 7.92. The van der Waals surface area contributed by atoms with Gasteiger partial charge in [0.25, 0.3) is 0 Å². The Bertz CT molecular complexity index is 1140. The van der Waals surface area contributed by atoms with Crippen molar-refractivity contribution in [2.24, 2.45) is 0 Å². The van der Waals surface area contributed by atoms with E-state index in [4.69, 9.17) is 4.74 Å². The van der Waals surface area contributed by atoms with E-state index in [0.29, 0.717) is 13.1 Å². The van der Waals surface area contributed by atoms with E-state index in [1.807, 2.05) is 24.4 Å². The smallest absolute Gasteiger partial charge is 0.414 e. The molecular formula is C23H23N5O3. The van der Waals surface area contributed by atoms with Gasteiger partial charge in [-0.1, -0.05) is 6.07 Å². The van der Waals surface area contributed by atoms with Crippen LogP contribution < -0.4 is 10.2 Å². The minimum absolute atomic E-state index is 0.139. The van der Waals surface area contributed by atoms with Gasteiger partial charge in [0.15, 0.2) is 0 Å². The normalized spacial score (nSPS) is 17.5. The Morgan fingerprint density at radius 3 is 3.03 bits per heavy atom. The zero-order chi connectivity index (χ0) is 21.4. The molecule has 1 saturated heterocycles. The largest absolute Gasteiger partial charge is 0.442 e. The van der Waals surface area contributed by atoms with E-state index in [1.54, 1.807) is 11.1 Å². The van der Waals surface area contributed by atoms with Crippen LogP contribution >= 0.6 is 0 Å². The number of anilines is 1. The summed E-state index contributed by atoms with van der Waals surface area (Å²) in [6, 6.07) is 10.0. The Morgan fingerprint density at radius 2 is 2.23 bits per heavy atom. The molecule has 3 aromatic rings. The first-order chi connectivity index (χ1) is 15.1. The van der Waals surface area contributed by atoms with Crippen LogP contribution in [0.4, 0.5) is 10.5 Å². The van der Waals surface area contributed by atoms with Gasteiger partial charge >= 0.3 is 6.09 Å². The van der Waals surface area contributed by atoms with Gasteiger partial charge in [0.1, 0.15) is 11.8 Å². The van der Waals surface area contributed by atoms with Gasteiger partial charge in [-0.2, -0.15) is 5.10 Å². The van der Waals surface area contributed by atoms with Gasteiger partial charge in [-0.05, 0) is 54.7 Å². The van der Waals surface area contributed by atoms with Crippen LogP contribution in [0.5, 0.6) is 0 Å². The average molecular weight is 417 g/mol. The number of ether oxygens (including phenoxy) is 1. The summed E-state index contributed by atoms with van der Waals surface area (Å²) in [6.07, 6.45) is 5.66. The van der Waals surface area contributed by atoms with Crippen LogP contribution in [0.15, 0.2) is 42.7 Å². The van der Waals surface area contributed by atoms with Gasteiger partial charge in [0.2, 0.25) is 5.91 Å². The number of nitrogens with zero attached hydrogens (tertiary/aromatic N) is 3. The lowest BCUT2D eigenvalue weighted by molar-refractivity contribution is -0.119. The zero-order valence-corrected chi connectivity index (χ0v) is 17.2. The SMILES string of the molecule is CC(=O)NCC1CN(c2ccc3c(c2)CCCc2[nH]nc(-c4cccnc4)c2-3)C(=O)O1. The van der Waals surface area contributed by atoms with E-state index >= 15 is 0 Å². The van der Waals surface area contributed by atoms with E-state index < -0.39 is 0 Å². The van der Waals surface area contributed by atoms with Gasteiger partial charge < -0.3 is 10.1 Å². The van der Waals surface area contributed by atoms with Crippen LogP contribution in [0.3, 0.4) is 0 Å². The fourth-order valence-electron chi connectivity index (χ4n) is 4.31. The predicted octanol–water partition coefficient (Wildman–Crippen LogP) is 3.09. The molecule has 1 fully saturated rings. The molecule has 1 atom stereocenters. The Morgan fingerprint density at radius 1 is 1.32 bits per heavy atom. The molecule has 8 nitrogen and oxygen atoms in total. The quantitative estimate of drug-likeness (QED) is 0.680. The van der Waals surface area contributed by atoms with Crippen molar-refractivity contribution >= 4 is 17.7 Å². The van der Waals surface area contributed by atoms with Gasteiger partial charge in [0.05, 0.1) is 13.1 Å². The second kappa shape index (κ2) is 7.86. The average Bonchev–Trinajstić information content (AvgIpc) is 3.31. The molecule has 3 heterocycles. The molecule has 2 amide bonds. The van der Waals surface area contributed by atoms with Crippen molar-refractivity contribution in [3.63, 3.8) is 0 Å². The maximum Gasteiger partial charge on any atom is 0.414 e. The number of aryl methyl sites for hydroxylation is 2. The molecule has 2 N–H and O–H groups in total. The molecule has 1 aliphatic carbocycles. The van der Waals surface area contributed by atoms with Crippen molar-refractivity contribution in [1.82, 2.24) is 20.5 Å². The summed E-state index contributed by atoms with van der Waals surface area (Å²) in [5.41, 5.74) is 7.23. The molecule has 0 bridgehead atoms. The van der Waals surface area contributed by atoms with Gasteiger partial charge in [-0.25, -0.2) is 4.79 Å². The lowest BCUT2D eigenvalue weighted by atomic mass is 9.95. The predicted molar refractivity (Wildman–Crippen MR) is 116 cm³/mol. The highest BCUT2D eigenvalue weighted by Crippen LogP contribution is 2.40. The Hall–Kier alpha value is -3.68. The van der Waals surface area contributed by atoms with E-state index in [1.165, 1.54) is 12.5 Å². The lowest BCUT2D eigenvalue weighted by Crippen LogP contribution is -2.33. The first-order valence-electron chi connectivity index (χ1n) is 10.4. The molecule has 158 valence electrons. The number of hydrogen-bond acceptors (Lipinski definition) is 5. The monoisotopic (exact) mass is 417 g/mol. The summed E-state index contributed by atoms with van der Waals surface area (Å²) >= 11 is 0. The number of pyridine rings is 1. The number of carbonyl (C=O) groups is 2. The summed E-state index contributed by atoms with van der Waals surface area (Å²) in [4.78, 5) is 29.5. The first-order valence-corrected chi connectivity index (χ1v) is 10.4. The molecule has 1 aromatic carbocycles. The number of H-pyrrole nitrogens is 1. The first kappa shape index (κ1) is 19.3. The van der Waals surface area contributed by atoms with Crippen molar-refractivity contribution in [1.29, 1.82) is 0 Å². The lowest BCUT2D eigenvalue weighted by Gasteiger charge is -2.16. The molecular weight excluding hydrogens is 394 g/mol. The summed E-state index contributed by atoms with van der Waals surface area (Å²) in [7, 11) is 0. The van der Waals surface area contributed by atoms with Crippen LogP contribution in [0, 0.1) is 0 Å². The fourth-order valence-corrected chi connectivity index (χ4v) is 4.31. The molecule has 31 heavy (non-hydrogen) atoms. The maximum atomic E-state index is 12.4. The molecule has 5 rings (SSSR count). The summed E-state index contributed by atoms with van der Waals surface area (Å²) < 4.78 is 5.42. The minimum atomic E-state index is -0.385. The van der Waals surface area contributed by atoms with Crippen LogP contribution in [0.1, 0.15) is 24.6 Å². The highest BCUT2D eigenvalue weighted by molar-refractivity contribution is 5.92. The Labute approximate surface area is 179 Å². The molecule has 0 radical (unpaired) electrons. The van der Waals surface area contributed by atoms with Crippen molar-refractivity contribution in [2.45, 2.75) is 32.3 Å². The molecule has 0 spiro atoms. The summed E-state index contributed by atoms with van der Waals surface area (Å²) in [6.45, 7) is 2.18. The van der Waals surface area contributed by atoms with Crippen molar-refractivity contribution in [2.75, 3.05) is 18.0 Å². The summed E-state index contributed by atoms with van der Waals surface area (Å²) in [5, 5.41) is 10.5. The van der Waals surface area contributed by atoms with Gasteiger partial charge in [0, 0.05) is 41.8 Å². The topological polar surface area (TPSA) is 100 Å². The van der Waals surface area contributed by atoms with Crippen LogP contribution in [0.25, 0.3) is 22.4 Å². The number of rotatable bonds is 4. The van der Waals surface area contributed by atoms with E-state index in [0.717, 1.165) is 53.0 Å². The third-order valence-corrected chi connectivity index (χ3v) is 5.77. The number of hydrogen-bond donors (Lipinski definition) is 2. The number of benzene rings is 1. The number of aromatic amines is 1. The fraction of sp³-hybridized carbons (Fsp3) is 0.304. The Kier molecular flexibility index (Phi) is 4.89. The number of cyclic esters (lactones) is 1. The van der Waals surface area contributed by atoms with Crippen molar-refractivity contribution < 1.29 is 14.3 Å². The number of nitrogens with one attached hydrogen (secondary N) is 2. The highest BCUT2D eigenvalue weighted by atomic mass is 16.6. The van der Waals surface area contributed by atoms with Gasteiger partial charge in [-0.15, -0.1) is 0 Å². The highest BCUT2D eigenvalue weighted by Gasteiger charge is 2.33.